The zero-order chi connectivity index (χ0) is 14.5. The minimum absolute atomic E-state index is 0.107. The van der Waals surface area contributed by atoms with Crippen molar-refractivity contribution in [1.29, 1.82) is 0 Å². The first-order chi connectivity index (χ1) is 8.72. The van der Waals surface area contributed by atoms with Gasteiger partial charge in [0.05, 0.1) is 26.1 Å². The molecule has 0 atom stereocenters. The first-order valence-electron chi connectivity index (χ1n) is 5.85. The Hall–Kier alpha value is -0.780. The Labute approximate surface area is 119 Å². The highest BCUT2D eigenvalue weighted by Crippen LogP contribution is 2.21. The van der Waals surface area contributed by atoms with Crippen molar-refractivity contribution in [3.8, 4) is 5.75 Å². The molecule has 0 spiro atoms. The summed E-state index contributed by atoms with van der Waals surface area (Å²) in [6, 6.07) is 7.52. The van der Waals surface area contributed by atoms with Crippen molar-refractivity contribution in [3.63, 3.8) is 0 Å². The van der Waals surface area contributed by atoms with Crippen LogP contribution in [0.1, 0.15) is 19.4 Å². The van der Waals surface area contributed by atoms with Gasteiger partial charge in [-0.1, -0.05) is 26.0 Å². The highest BCUT2D eigenvalue weighted by molar-refractivity contribution is 8.13. The second-order valence-corrected chi connectivity index (χ2v) is 7.97. The van der Waals surface area contributed by atoms with E-state index in [0.29, 0.717) is 13.2 Å². The average Bonchev–Trinajstić information content (AvgIpc) is 2.26. The fourth-order valence-corrected chi connectivity index (χ4v) is 3.58. The van der Waals surface area contributed by atoms with Crippen molar-refractivity contribution >= 4 is 19.7 Å². The molecular weight excluding hydrogens is 288 g/mol. The summed E-state index contributed by atoms with van der Waals surface area (Å²) < 4.78 is 32.7. The van der Waals surface area contributed by atoms with Gasteiger partial charge in [0, 0.05) is 16.1 Å². The lowest BCUT2D eigenvalue weighted by atomic mass is 9.98. The number of hydrogen-bond donors (Lipinski definition) is 0. The molecule has 4 nitrogen and oxygen atoms in total. The molecule has 0 aliphatic rings. The van der Waals surface area contributed by atoms with Gasteiger partial charge in [0.1, 0.15) is 5.75 Å². The third-order valence-electron chi connectivity index (χ3n) is 2.48. The third kappa shape index (κ3) is 6.80. The molecule has 0 unspecified atom stereocenters. The molecule has 6 heteroatoms. The highest BCUT2D eigenvalue weighted by Gasteiger charge is 2.25. The van der Waals surface area contributed by atoms with E-state index >= 15 is 0 Å². The molecule has 1 aromatic carbocycles. The quantitative estimate of drug-likeness (QED) is 0.727. The van der Waals surface area contributed by atoms with Crippen molar-refractivity contribution in [2.75, 3.05) is 19.5 Å². The number of ether oxygens (including phenoxy) is 2. The van der Waals surface area contributed by atoms with Gasteiger partial charge in [-0.3, -0.25) is 0 Å². The Bertz CT molecular complexity index is 494. The first kappa shape index (κ1) is 16.3. The Kier molecular flexibility index (Phi) is 5.64. The maximum absolute atomic E-state index is 11.0. The normalized spacial score (nSPS) is 12.4. The summed E-state index contributed by atoms with van der Waals surface area (Å²) in [4.78, 5) is 0. The summed E-state index contributed by atoms with van der Waals surface area (Å²) in [5.41, 5.74) is 0.498. The molecule has 0 bridgehead atoms. The van der Waals surface area contributed by atoms with E-state index in [2.05, 4.69) is 0 Å². The van der Waals surface area contributed by atoms with Crippen molar-refractivity contribution in [2.24, 2.45) is 5.41 Å². The molecule has 0 amide bonds. The predicted molar refractivity (Wildman–Crippen MR) is 76.1 cm³/mol. The lowest BCUT2D eigenvalue weighted by Gasteiger charge is -2.22. The van der Waals surface area contributed by atoms with Gasteiger partial charge in [-0.25, -0.2) is 8.42 Å². The third-order valence-corrected chi connectivity index (χ3v) is 3.94. The molecule has 1 rings (SSSR count). The summed E-state index contributed by atoms with van der Waals surface area (Å²) in [7, 11) is 3.35. The van der Waals surface area contributed by atoms with Gasteiger partial charge in [-0.05, 0) is 17.7 Å². The zero-order valence-electron chi connectivity index (χ0n) is 11.3. The van der Waals surface area contributed by atoms with Crippen molar-refractivity contribution in [1.82, 2.24) is 0 Å². The molecular formula is C13H19ClO4S. The molecule has 1 aromatic rings. The average molecular weight is 307 g/mol. The molecule has 108 valence electrons. The van der Waals surface area contributed by atoms with E-state index in [4.69, 9.17) is 20.2 Å². The molecule has 0 N–H and O–H groups in total. The maximum atomic E-state index is 11.0. The summed E-state index contributed by atoms with van der Waals surface area (Å²) in [5.74, 6) is 0.682. The maximum Gasteiger partial charge on any atom is 0.233 e. The van der Waals surface area contributed by atoms with E-state index < -0.39 is 14.5 Å². The van der Waals surface area contributed by atoms with Crippen LogP contribution >= 0.6 is 10.7 Å². The van der Waals surface area contributed by atoms with Crippen molar-refractivity contribution in [3.05, 3.63) is 29.8 Å². The van der Waals surface area contributed by atoms with E-state index in [9.17, 15) is 8.42 Å². The molecule has 0 aliphatic carbocycles. The van der Waals surface area contributed by atoms with Crippen LogP contribution in [0.2, 0.25) is 0 Å². The Balaban J connectivity index is 2.44. The van der Waals surface area contributed by atoms with Gasteiger partial charge in [0.15, 0.2) is 0 Å². The Morgan fingerprint density at radius 2 is 1.79 bits per heavy atom. The van der Waals surface area contributed by atoms with Gasteiger partial charge in [-0.15, -0.1) is 0 Å². The second kappa shape index (κ2) is 6.59. The molecule has 0 radical (unpaired) electrons. The molecule has 0 saturated carbocycles. The van der Waals surface area contributed by atoms with Crippen LogP contribution in [0, 0.1) is 5.41 Å². The van der Waals surface area contributed by atoms with Crippen molar-refractivity contribution in [2.45, 2.75) is 20.5 Å². The summed E-state index contributed by atoms with van der Waals surface area (Å²) >= 11 is 0. The Morgan fingerprint density at radius 3 is 2.26 bits per heavy atom. The minimum Gasteiger partial charge on any atom is -0.497 e. The smallest absolute Gasteiger partial charge is 0.233 e. The van der Waals surface area contributed by atoms with Crippen LogP contribution in [0.3, 0.4) is 0 Å². The van der Waals surface area contributed by atoms with Gasteiger partial charge >= 0.3 is 0 Å². The summed E-state index contributed by atoms with van der Waals surface area (Å²) in [5, 5.41) is 0. The van der Waals surface area contributed by atoms with E-state index in [1.54, 1.807) is 21.0 Å². The zero-order valence-corrected chi connectivity index (χ0v) is 12.9. The monoisotopic (exact) mass is 306 g/mol. The number of rotatable bonds is 7. The van der Waals surface area contributed by atoms with Crippen LogP contribution in [-0.4, -0.2) is 27.9 Å². The lowest BCUT2D eigenvalue weighted by Crippen LogP contribution is -2.26. The topological polar surface area (TPSA) is 52.6 Å². The van der Waals surface area contributed by atoms with E-state index in [0.717, 1.165) is 11.3 Å². The van der Waals surface area contributed by atoms with Crippen LogP contribution in [0.15, 0.2) is 24.3 Å². The van der Waals surface area contributed by atoms with E-state index in [1.165, 1.54) is 0 Å². The number of benzene rings is 1. The van der Waals surface area contributed by atoms with E-state index in [-0.39, 0.29) is 5.75 Å². The predicted octanol–water partition coefficient (Wildman–Crippen LogP) is 2.81. The van der Waals surface area contributed by atoms with Gasteiger partial charge in [-0.2, -0.15) is 0 Å². The second-order valence-electron chi connectivity index (χ2n) is 5.19. The molecule has 0 fully saturated rings. The molecule has 0 aromatic heterocycles. The summed E-state index contributed by atoms with van der Waals surface area (Å²) in [6.45, 7) is 4.36. The first-order valence-corrected chi connectivity index (χ1v) is 8.33. The number of methoxy groups -OCH3 is 1. The van der Waals surface area contributed by atoms with Gasteiger partial charge in [0.25, 0.3) is 0 Å². The fraction of sp³-hybridized carbons (Fsp3) is 0.538. The SMILES string of the molecule is COc1ccc(COCC(C)(C)CS(=O)(=O)Cl)cc1. The van der Waals surface area contributed by atoms with Crippen LogP contribution in [-0.2, 0) is 20.4 Å². The van der Waals surface area contributed by atoms with Crippen LogP contribution < -0.4 is 4.74 Å². The summed E-state index contributed by atoms with van der Waals surface area (Å²) in [6.07, 6.45) is 0. The van der Waals surface area contributed by atoms with Crippen LogP contribution in [0.4, 0.5) is 0 Å². The Morgan fingerprint density at radius 1 is 1.21 bits per heavy atom. The molecule has 0 heterocycles. The minimum atomic E-state index is -3.51. The molecule has 19 heavy (non-hydrogen) atoms. The highest BCUT2D eigenvalue weighted by atomic mass is 35.7. The number of halogens is 1. The van der Waals surface area contributed by atoms with Crippen LogP contribution in [0.25, 0.3) is 0 Å². The van der Waals surface area contributed by atoms with Gasteiger partial charge < -0.3 is 9.47 Å². The molecule has 0 saturated heterocycles. The van der Waals surface area contributed by atoms with E-state index in [1.807, 2.05) is 24.3 Å². The lowest BCUT2D eigenvalue weighted by molar-refractivity contribution is 0.0613. The largest absolute Gasteiger partial charge is 0.497 e. The fourth-order valence-electron chi connectivity index (χ4n) is 1.68. The van der Waals surface area contributed by atoms with Crippen molar-refractivity contribution < 1.29 is 17.9 Å². The number of hydrogen-bond acceptors (Lipinski definition) is 4. The van der Waals surface area contributed by atoms with Gasteiger partial charge in [0.2, 0.25) is 9.05 Å². The standard InChI is InChI=1S/C13H19ClO4S/c1-13(2,10-19(14,15)16)9-18-8-11-4-6-12(17-3)7-5-11/h4-7H,8-10H2,1-3H3. The molecule has 0 aliphatic heterocycles. The van der Waals surface area contributed by atoms with Crippen LogP contribution in [0.5, 0.6) is 5.75 Å².